The lowest BCUT2D eigenvalue weighted by Crippen LogP contribution is -2.60. The number of nitrogens with zero attached hydrogens (tertiary/aromatic N) is 3. The number of ether oxygens (including phenoxy) is 1. The summed E-state index contributed by atoms with van der Waals surface area (Å²) < 4.78 is 9.76. The number of rotatable bonds is 3. The molecule has 3 heterocycles. The third-order valence-electron chi connectivity index (χ3n) is 5.03. The van der Waals surface area contributed by atoms with E-state index in [9.17, 15) is 14.4 Å². The van der Waals surface area contributed by atoms with Gasteiger partial charge in [0, 0.05) is 25.9 Å². The zero-order valence-corrected chi connectivity index (χ0v) is 14.6. The largest absolute Gasteiger partial charge is 0.468 e. The highest BCUT2D eigenvalue weighted by Crippen LogP contribution is 2.31. The number of piperidine rings is 1. The Labute approximate surface area is 145 Å². The van der Waals surface area contributed by atoms with Crippen LogP contribution < -0.4 is 5.32 Å². The number of methoxy groups -OCH3 is 1. The van der Waals surface area contributed by atoms with E-state index in [1.807, 2.05) is 0 Å². The number of carbonyl (C=O) groups is 3. The lowest BCUT2D eigenvalue weighted by Gasteiger charge is -2.44. The minimum atomic E-state index is -0.596. The molecular formula is C16H22N4O5. The van der Waals surface area contributed by atoms with Crippen LogP contribution in [0.4, 0.5) is 0 Å². The van der Waals surface area contributed by atoms with Gasteiger partial charge in [0.25, 0.3) is 5.91 Å². The zero-order chi connectivity index (χ0) is 18.2. The van der Waals surface area contributed by atoms with Crippen molar-refractivity contribution in [3.05, 3.63) is 17.0 Å². The average Bonchev–Trinajstić information content (AvgIpc) is 3.09. The van der Waals surface area contributed by atoms with E-state index in [1.165, 1.54) is 12.0 Å². The van der Waals surface area contributed by atoms with Crippen molar-refractivity contribution < 1.29 is 23.6 Å². The summed E-state index contributed by atoms with van der Waals surface area (Å²) in [5, 5.41) is 7.05. The maximum atomic E-state index is 12.7. The van der Waals surface area contributed by atoms with Crippen LogP contribution in [0.2, 0.25) is 0 Å². The number of likely N-dealkylation sites (tertiary alicyclic amines) is 1. The van der Waals surface area contributed by atoms with E-state index in [0.29, 0.717) is 42.9 Å². The number of hydrogen-bond donors (Lipinski definition) is 1. The predicted octanol–water partition coefficient (Wildman–Crippen LogP) is -0.171. The molecule has 1 aromatic heterocycles. The van der Waals surface area contributed by atoms with E-state index in [-0.39, 0.29) is 24.9 Å². The molecule has 2 amide bonds. The van der Waals surface area contributed by atoms with Crippen molar-refractivity contribution in [1.29, 1.82) is 0 Å². The SMILES string of the molecule is COC(=O)CN1C(=O)CNC12CCN(C(=O)c1c(C)noc1C)CC2. The summed E-state index contributed by atoms with van der Waals surface area (Å²) in [6, 6.07) is 0. The average molecular weight is 350 g/mol. The predicted molar refractivity (Wildman–Crippen MR) is 85.6 cm³/mol. The Kier molecular flexibility index (Phi) is 4.51. The summed E-state index contributed by atoms with van der Waals surface area (Å²) in [5.41, 5.74) is 0.475. The Morgan fingerprint density at radius 1 is 1.32 bits per heavy atom. The third-order valence-corrected chi connectivity index (χ3v) is 5.03. The van der Waals surface area contributed by atoms with E-state index in [2.05, 4.69) is 15.2 Å². The molecule has 2 saturated heterocycles. The summed E-state index contributed by atoms with van der Waals surface area (Å²) in [5.74, 6) is -0.194. The molecule has 0 radical (unpaired) electrons. The van der Waals surface area contributed by atoms with Crippen LogP contribution in [0.3, 0.4) is 0 Å². The molecule has 1 N–H and O–H groups in total. The Morgan fingerprint density at radius 3 is 2.56 bits per heavy atom. The van der Waals surface area contributed by atoms with Crippen LogP contribution in [0.15, 0.2) is 4.52 Å². The summed E-state index contributed by atoms with van der Waals surface area (Å²) in [6.07, 6.45) is 1.09. The maximum absolute atomic E-state index is 12.7. The van der Waals surface area contributed by atoms with Crippen molar-refractivity contribution >= 4 is 17.8 Å². The zero-order valence-electron chi connectivity index (χ0n) is 14.6. The highest BCUT2D eigenvalue weighted by molar-refractivity contribution is 5.96. The fourth-order valence-electron chi connectivity index (χ4n) is 3.58. The molecule has 1 spiro atoms. The summed E-state index contributed by atoms with van der Waals surface area (Å²) in [4.78, 5) is 39.8. The van der Waals surface area contributed by atoms with Crippen LogP contribution >= 0.6 is 0 Å². The van der Waals surface area contributed by atoms with E-state index < -0.39 is 11.6 Å². The molecule has 1 aromatic rings. The lowest BCUT2D eigenvalue weighted by molar-refractivity contribution is -0.149. The van der Waals surface area contributed by atoms with Crippen molar-refractivity contribution in [2.45, 2.75) is 32.4 Å². The fourth-order valence-corrected chi connectivity index (χ4v) is 3.58. The van der Waals surface area contributed by atoms with E-state index in [4.69, 9.17) is 4.52 Å². The van der Waals surface area contributed by atoms with E-state index >= 15 is 0 Å². The molecule has 9 heteroatoms. The quantitative estimate of drug-likeness (QED) is 0.755. The molecule has 0 saturated carbocycles. The van der Waals surface area contributed by atoms with Gasteiger partial charge in [0.2, 0.25) is 5.91 Å². The Bertz CT molecular complexity index is 686. The smallest absolute Gasteiger partial charge is 0.325 e. The second-order valence-electron chi connectivity index (χ2n) is 6.43. The van der Waals surface area contributed by atoms with Crippen molar-refractivity contribution in [2.75, 3.05) is 33.3 Å². The molecular weight excluding hydrogens is 328 g/mol. The van der Waals surface area contributed by atoms with Crippen LogP contribution in [-0.4, -0.2) is 71.7 Å². The molecule has 2 aliphatic heterocycles. The van der Waals surface area contributed by atoms with Crippen LogP contribution in [0.25, 0.3) is 0 Å². The fraction of sp³-hybridized carbons (Fsp3) is 0.625. The van der Waals surface area contributed by atoms with Crippen molar-refractivity contribution in [3.8, 4) is 0 Å². The molecule has 2 aliphatic rings. The van der Waals surface area contributed by atoms with Crippen molar-refractivity contribution in [2.24, 2.45) is 0 Å². The standard InChI is InChI=1S/C16H22N4O5/c1-10-14(11(2)25-18-10)15(23)19-6-4-16(5-7-19)17-8-12(21)20(16)9-13(22)24-3/h17H,4-9H2,1-3H3. The number of aromatic nitrogens is 1. The van der Waals surface area contributed by atoms with Gasteiger partial charge in [-0.15, -0.1) is 0 Å². The molecule has 3 rings (SSSR count). The second kappa shape index (κ2) is 6.47. The monoisotopic (exact) mass is 350 g/mol. The molecule has 0 bridgehead atoms. The Morgan fingerprint density at radius 2 is 2.00 bits per heavy atom. The Hall–Kier alpha value is -2.42. The summed E-state index contributed by atoms with van der Waals surface area (Å²) in [7, 11) is 1.30. The van der Waals surface area contributed by atoms with Crippen LogP contribution in [0.5, 0.6) is 0 Å². The number of hydrogen-bond acceptors (Lipinski definition) is 7. The van der Waals surface area contributed by atoms with Gasteiger partial charge in [-0.25, -0.2) is 0 Å². The Balaban J connectivity index is 1.71. The van der Waals surface area contributed by atoms with Gasteiger partial charge in [0.15, 0.2) is 0 Å². The molecule has 9 nitrogen and oxygen atoms in total. The van der Waals surface area contributed by atoms with Gasteiger partial charge in [-0.2, -0.15) is 0 Å². The summed E-state index contributed by atoms with van der Waals surface area (Å²) in [6.45, 7) is 4.51. The number of aryl methyl sites for hydroxylation is 2. The molecule has 2 fully saturated rings. The first-order valence-corrected chi connectivity index (χ1v) is 8.22. The van der Waals surface area contributed by atoms with E-state index in [0.717, 1.165) is 0 Å². The van der Waals surface area contributed by atoms with Crippen LogP contribution in [-0.2, 0) is 14.3 Å². The molecule has 0 aliphatic carbocycles. The minimum Gasteiger partial charge on any atom is -0.468 e. The summed E-state index contributed by atoms with van der Waals surface area (Å²) >= 11 is 0. The first kappa shape index (κ1) is 17.4. The van der Waals surface area contributed by atoms with Crippen molar-refractivity contribution in [1.82, 2.24) is 20.3 Å². The minimum absolute atomic E-state index is 0.0832. The first-order valence-electron chi connectivity index (χ1n) is 8.22. The molecule has 0 atom stereocenters. The number of carbonyl (C=O) groups excluding carboxylic acids is 3. The molecule has 136 valence electrons. The van der Waals surface area contributed by atoms with Gasteiger partial charge >= 0.3 is 5.97 Å². The highest BCUT2D eigenvalue weighted by atomic mass is 16.5. The van der Waals surface area contributed by atoms with E-state index in [1.54, 1.807) is 18.7 Å². The highest BCUT2D eigenvalue weighted by Gasteiger charge is 2.48. The van der Waals surface area contributed by atoms with Gasteiger partial charge in [-0.3, -0.25) is 19.7 Å². The third kappa shape index (κ3) is 2.99. The second-order valence-corrected chi connectivity index (χ2v) is 6.43. The van der Waals surface area contributed by atoms with Crippen LogP contribution in [0.1, 0.15) is 34.7 Å². The molecule has 25 heavy (non-hydrogen) atoms. The normalized spacial score (nSPS) is 19.6. The number of nitrogens with one attached hydrogen (secondary N) is 1. The van der Waals surface area contributed by atoms with Gasteiger partial charge in [-0.1, -0.05) is 5.16 Å². The van der Waals surface area contributed by atoms with Gasteiger partial charge in [-0.05, 0) is 13.8 Å². The van der Waals surface area contributed by atoms with Gasteiger partial charge in [0.1, 0.15) is 17.9 Å². The number of esters is 1. The van der Waals surface area contributed by atoms with Gasteiger partial charge < -0.3 is 19.1 Å². The lowest BCUT2D eigenvalue weighted by atomic mass is 9.95. The molecule has 0 unspecified atom stereocenters. The van der Waals surface area contributed by atoms with Crippen LogP contribution in [0, 0.1) is 13.8 Å². The van der Waals surface area contributed by atoms with Gasteiger partial charge in [0.05, 0.1) is 25.0 Å². The van der Waals surface area contributed by atoms with Crippen molar-refractivity contribution in [3.63, 3.8) is 0 Å². The number of amides is 2. The maximum Gasteiger partial charge on any atom is 0.325 e. The molecule has 0 aromatic carbocycles. The topological polar surface area (TPSA) is 105 Å². The first-order chi connectivity index (χ1) is 11.9.